The molecule has 1 atom stereocenters. The van der Waals surface area contributed by atoms with Gasteiger partial charge in [-0.05, 0) is 65.1 Å². The molecule has 5 rings (SSSR count). The molecular formula is C34H31ClN2O7. The average Bonchev–Trinajstić information content (AvgIpc) is 3.04. The zero-order chi connectivity index (χ0) is 31.1. The summed E-state index contributed by atoms with van der Waals surface area (Å²) in [6.45, 7) is 2.92. The van der Waals surface area contributed by atoms with Gasteiger partial charge in [-0.2, -0.15) is 5.26 Å². The number of carboxylic acids is 1. The number of aliphatic carboxylic acids is 1. The fourth-order valence-electron chi connectivity index (χ4n) is 4.85. The van der Waals surface area contributed by atoms with Gasteiger partial charge in [0.1, 0.15) is 49.0 Å². The van der Waals surface area contributed by atoms with Gasteiger partial charge in [0.15, 0.2) is 11.5 Å². The van der Waals surface area contributed by atoms with E-state index in [2.05, 4.69) is 11.4 Å². The van der Waals surface area contributed by atoms with E-state index in [1.165, 1.54) is 0 Å². The first-order chi connectivity index (χ1) is 21.4. The Labute approximate surface area is 260 Å². The van der Waals surface area contributed by atoms with Gasteiger partial charge >= 0.3 is 5.97 Å². The number of fused-ring (bicyclic) bond motifs is 1. The third-order valence-electron chi connectivity index (χ3n) is 7.28. The molecule has 0 spiro atoms. The number of carboxylic acid groups (broad SMARTS) is 1. The van der Waals surface area contributed by atoms with Crippen LogP contribution in [0, 0.1) is 18.3 Å². The van der Waals surface area contributed by atoms with Gasteiger partial charge in [0.2, 0.25) is 0 Å². The molecule has 0 unspecified atom stereocenters. The van der Waals surface area contributed by atoms with Gasteiger partial charge in [-0.15, -0.1) is 0 Å². The molecule has 0 fully saturated rings. The van der Waals surface area contributed by atoms with Gasteiger partial charge in [-0.3, -0.25) is 10.1 Å². The Morgan fingerprint density at radius 1 is 1.00 bits per heavy atom. The molecule has 0 aliphatic carbocycles. The molecule has 1 aliphatic heterocycles. The highest BCUT2D eigenvalue weighted by Gasteiger charge is 2.20. The van der Waals surface area contributed by atoms with E-state index in [1.54, 1.807) is 30.3 Å². The molecule has 4 aromatic carbocycles. The Kier molecular flexibility index (Phi) is 9.87. The van der Waals surface area contributed by atoms with Crippen LogP contribution in [0.4, 0.5) is 0 Å². The summed E-state index contributed by atoms with van der Waals surface area (Å²) in [5, 5.41) is 31.0. The fraction of sp³-hybridized carbons (Fsp3) is 0.235. The van der Waals surface area contributed by atoms with Crippen LogP contribution in [0.3, 0.4) is 0 Å². The van der Waals surface area contributed by atoms with Crippen LogP contribution in [-0.4, -0.2) is 42.0 Å². The number of rotatable bonds is 12. The number of nitrogens with zero attached hydrogens (tertiary/aromatic N) is 1. The molecular weight excluding hydrogens is 584 g/mol. The molecule has 4 aromatic rings. The van der Waals surface area contributed by atoms with Crippen molar-refractivity contribution in [1.82, 2.24) is 5.32 Å². The van der Waals surface area contributed by atoms with Crippen molar-refractivity contribution in [3.8, 4) is 40.2 Å². The van der Waals surface area contributed by atoms with Gasteiger partial charge in [0.05, 0.1) is 18.2 Å². The van der Waals surface area contributed by atoms with Crippen molar-refractivity contribution in [3.63, 3.8) is 0 Å². The smallest absolute Gasteiger partial charge is 0.323 e. The SMILES string of the molecule is Cc1c(COc2ccc(CN[C@H](CO)C(=O)O)c(OCc3cccc(C#N)c3)c2Cl)cccc1-c1ccc2c(c1)OCCO2. The van der Waals surface area contributed by atoms with Crippen LogP contribution in [0.1, 0.15) is 27.8 Å². The number of nitrogens with one attached hydrogen (secondary N) is 1. The first-order valence-corrected chi connectivity index (χ1v) is 14.4. The topological polar surface area (TPSA) is 130 Å². The number of nitriles is 1. The predicted octanol–water partition coefficient (Wildman–Crippen LogP) is 5.65. The van der Waals surface area contributed by atoms with Crippen LogP contribution in [0.25, 0.3) is 11.1 Å². The van der Waals surface area contributed by atoms with E-state index in [-0.39, 0.29) is 24.8 Å². The molecule has 0 radical (unpaired) electrons. The number of aliphatic hydroxyl groups is 1. The van der Waals surface area contributed by atoms with E-state index in [0.717, 1.165) is 39.3 Å². The summed E-state index contributed by atoms with van der Waals surface area (Å²) in [7, 11) is 0. The summed E-state index contributed by atoms with van der Waals surface area (Å²) in [4.78, 5) is 11.4. The van der Waals surface area contributed by atoms with Crippen LogP contribution in [0.5, 0.6) is 23.0 Å². The van der Waals surface area contributed by atoms with E-state index in [9.17, 15) is 20.3 Å². The summed E-state index contributed by atoms with van der Waals surface area (Å²) < 4.78 is 23.8. The lowest BCUT2D eigenvalue weighted by Crippen LogP contribution is -2.39. The fourth-order valence-corrected chi connectivity index (χ4v) is 5.15. The molecule has 10 heteroatoms. The maximum absolute atomic E-state index is 11.4. The molecule has 3 N–H and O–H groups in total. The van der Waals surface area contributed by atoms with Gasteiger partial charge in [-0.25, -0.2) is 0 Å². The standard InChI is InChI=1S/C34H31ClN2O7/c1-21-26(6-3-7-27(21)24-8-10-29-31(15-24)42-13-12-41-29)20-43-30-11-9-25(17-37-28(18-38)34(39)40)33(32(30)35)44-19-23-5-2-4-22(14-23)16-36/h2-11,14-15,28,37-38H,12-13,17-20H2,1H3,(H,39,40)/t28-/m1/s1. The van der Waals surface area contributed by atoms with Gasteiger partial charge in [0, 0.05) is 12.1 Å². The number of carbonyl (C=O) groups is 1. The largest absolute Gasteiger partial charge is 0.487 e. The zero-order valence-electron chi connectivity index (χ0n) is 24.0. The number of hydrogen-bond acceptors (Lipinski definition) is 8. The van der Waals surface area contributed by atoms with Gasteiger partial charge in [0.25, 0.3) is 0 Å². The second-order valence-corrected chi connectivity index (χ2v) is 10.5. The number of aliphatic hydroxyl groups excluding tert-OH is 1. The predicted molar refractivity (Wildman–Crippen MR) is 164 cm³/mol. The third-order valence-corrected chi connectivity index (χ3v) is 7.64. The van der Waals surface area contributed by atoms with E-state index >= 15 is 0 Å². The maximum atomic E-state index is 11.4. The minimum Gasteiger partial charge on any atom is -0.487 e. The van der Waals surface area contributed by atoms with Crippen LogP contribution >= 0.6 is 11.6 Å². The minimum absolute atomic E-state index is 0.0712. The highest BCUT2D eigenvalue weighted by molar-refractivity contribution is 6.33. The normalized spacial score (nSPS) is 12.7. The first kappa shape index (κ1) is 30.7. The molecule has 0 saturated carbocycles. The highest BCUT2D eigenvalue weighted by Crippen LogP contribution is 2.39. The van der Waals surface area contributed by atoms with Crippen molar-refractivity contribution < 1.29 is 34.0 Å². The molecule has 1 heterocycles. The monoisotopic (exact) mass is 614 g/mol. The minimum atomic E-state index is -1.18. The summed E-state index contributed by atoms with van der Waals surface area (Å²) in [5.41, 5.74) is 5.88. The molecule has 0 aromatic heterocycles. The Hall–Kier alpha value is -4.75. The third kappa shape index (κ3) is 7.06. The van der Waals surface area contributed by atoms with Crippen LogP contribution < -0.4 is 24.3 Å². The number of hydrogen-bond donors (Lipinski definition) is 3. The molecule has 0 saturated heterocycles. The lowest BCUT2D eigenvalue weighted by molar-refractivity contribution is -0.140. The Morgan fingerprint density at radius 2 is 1.80 bits per heavy atom. The summed E-state index contributed by atoms with van der Waals surface area (Å²) in [6.07, 6.45) is 0. The van der Waals surface area contributed by atoms with E-state index in [4.69, 9.17) is 30.5 Å². The second-order valence-electron chi connectivity index (χ2n) is 10.2. The molecule has 0 amide bonds. The number of halogens is 1. The molecule has 9 nitrogen and oxygen atoms in total. The van der Waals surface area contributed by atoms with Crippen molar-refractivity contribution in [1.29, 1.82) is 5.26 Å². The number of ether oxygens (including phenoxy) is 4. The molecule has 0 bridgehead atoms. The lowest BCUT2D eigenvalue weighted by atomic mass is 9.96. The molecule has 226 valence electrons. The van der Waals surface area contributed by atoms with Gasteiger partial charge < -0.3 is 29.2 Å². The lowest BCUT2D eigenvalue weighted by Gasteiger charge is -2.20. The van der Waals surface area contributed by atoms with Crippen molar-refractivity contribution >= 4 is 17.6 Å². The van der Waals surface area contributed by atoms with Crippen LogP contribution in [0.2, 0.25) is 5.02 Å². The van der Waals surface area contributed by atoms with E-state index in [0.29, 0.717) is 35.8 Å². The maximum Gasteiger partial charge on any atom is 0.323 e. The van der Waals surface area contributed by atoms with E-state index < -0.39 is 18.6 Å². The highest BCUT2D eigenvalue weighted by atomic mass is 35.5. The van der Waals surface area contributed by atoms with Crippen LogP contribution in [0.15, 0.2) is 72.8 Å². The average molecular weight is 615 g/mol. The van der Waals surface area contributed by atoms with Crippen molar-refractivity contribution in [2.24, 2.45) is 0 Å². The molecule has 1 aliphatic rings. The van der Waals surface area contributed by atoms with Crippen molar-refractivity contribution in [3.05, 3.63) is 106 Å². The number of benzene rings is 4. The summed E-state index contributed by atoms with van der Waals surface area (Å²) in [6, 6.07) is 23.3. The Morgan fingerprint density at radius 3 is 2.57 bits per heavy atom. The van der Waals surface area contributed by atoms with Crippen molar-refractivity contribution in [2.75, 3.05) is 19.8 Å². The summed E-state index contributed by atoms with van der Waals surface area (Å²) >= 11 is 6.83. The second kappa shape index (κ2) is 14.1. The van der Waals surface area contributed by atoms with Crippen molar-refractivity contribution in [2.45, 2.75) is 32.7 Å². The van der Waals surface area contributed by atoms with Crippen LogP contribution in [-0.2, 0) is 24.6 Å². The van der Waals surface area contributed by atoms with E-state index in [1.807, 2.05) is 49.4 Å². The molecule has 44 heavy (non-hydrogen) atoms. The first-order valence-electron chi connectivity index (χ1n) is 14.0. The zero-order valence-corrected chi connectivity index (χ0v) is 24.8. The quantitative estimate of drug-likeness (QED) is 0.185. The Balaban J connectivity index is 1.38. The summed E-state index contributed by atoms with van der Waals surface area (Å²) in [5.74, 6) is 0.969. The Bertz CT molecular complexity index is 1700. The van der Waals surface area contributed by atoms with Gasteiger partial charge in [-0.1, -0.05) is 54.1 Å².